The van der Waals surface area contributed by atoms with Crippen LogP contribution in [0.15, 0.2) is 47.4 Å². The van der Waals surface area contributed by atoms with Gasteiger partial charge in [0.2, 0.25) is 10.0 Å². The van der Waals surface area contributed by atoms with Crippen LogP contribution in [0.1, 0.15) is 10.4 Å². The molecule has 21 heavy (non-hydrogen) atoms. The van der Waals surface area contributed by atoms with Gasteiger partial charge >= 0.3 is 0 Å². The first-order chi connectivity index (χ1) is 9.77. The van der Waals surface area contributed by atoms with Crippen molar-refractivity contribution in [1.29, 1.82) is 0 Å². The fourth-order valence-corrected chi connectivity index (χ4v) is 2.13. The molecule has 0 aliphatic heterocycles. The molecule has 0 atom stereocenters. The molecule has 0 aromatic heterocycles. The molecule has 0 saturated carbocycles. The zero-order valence-corrected chi connectivity index (χ0v) is 11.5. The minimum atomic E-state index is -3.78. The second-order valence-electron chi connectivity index (χ2n) is 4.26. The third-order valence-corrected chi connectivity index (χ3v) is 3.63. The number of hydrogen-bond acceptors (Lipinski definition) is 4. The summed E-state index contributed by atoms with van der Waals surface area (Å²) in [4.78, 5) is 11.9. The van der Waals surface area contributed by atoms with Crippen LogP contribution in [0.2, 0.25) is 0 Å². The quantitative estimate of drug-likeness (QED) is 0.741. The summed E-state index contributed by atoms with van der Waals surface area (Å²) in [7, 11) is -3.78. The van der Waals surface area contributed by atoms with Gasteiger partial charge in [0.25, 0.3) is 5.91 Å². The lowest BCUT2D eigenvalue weighted by atomic mass is 10.2. The van der Waals surface area contributed by atoms with Crippen LogP contribution in [0.25, 0.3) is 0 Å². The Bertz CT molecular complexity index is 789. The number of primary sulfonamides is 1. The fraction of sp³-hybridized carbons (Fsp3) is 0. The minimum absolute atomic E-state index is 0.0634. The third kappa shape index (κ3) is 3.56. The number of amides is 1. The molecule has 0 aliphatic rings. The van der Waals surface area contributed by atoms with E-state index < -0.39 is 21.7 Å². The number of rotatable bonds is 3. The van der Waals surface area contributed by atoms with E-state index in [1.807, 2.05) is 0 Å². The molecule has 0 aliphatic carbocycles. The standard InChI is InChI=1S/C13H12FN3O3S/c14-11-6-1-8(7-12(11)15)13(18)17-9-2-4-10(5-3-9)21(16,19)20/h1-7H,15H2,(H,17,18)(H2,16,19,20). The predicted octanol–water partition coefficient (Wildman–Crippen LogP) is 1.31. The van der Waals surface area contributed by atoms with Crippen molar-refractivity contribution < 1.29 is 17.6 Å². The molecule has 0 radical (unpaired) electrons. The van der Waals surface area contributed by atoms with Gasteiger partial charge in [-0.1, -0.05) is 0 Å². The maximum Gasteiger partial charge on any atom is 0.255 e. The number of anilines is 2. The first kappa shape index (κ1) is 14.9. The number of sulfonamides is 1. The summed E-state index contributed by atoms with van der Waals surface area (Å²) >= 11 is 0. The normalized spacial score (nSPS) is 11.1. The number of carbonyl (C=O) groups is 1. The lowest BCUT2D eigenvalue weighted by Gasteiger charge is -2.07. The molecule has 2 aromatic rings. The maximum atomic E-state index is 13.0. The van der Waals surface area contributed by atoms with Gasteiger partial charge in [0.15, 0.2) is 0 Å². The van der Waals surface area contributed by atoms with E-state index in [0.29, 0.717) is 5.69 Å². The van der Waals surface area contributed by atoms with E-state index >= 15 is 0 Å². The predicted molar refractivity (Wildman–Crippen MR) is 76.6 cm³/mol. The maximum absolute atomic E-state index is 13.0. The van der Waals surface area contributed by atoms with Crippen LogP contribution >= 0.6 is 0 Å². The average molecular weight is 309 g/mol. The summed E-state index contributed by atoms with van der Waals surface area (Å²) in [6.07, 6.45) is 0. The number of nitrogen functional groups attached to an aromatic ring is 1. The lowest BCUT2D eigenvalue weighted by Crippen LogP contribution is -2.14. The van der Waals surface area contributed by atoms with E-state index in [1.165, 1.54) is 36.4 Å². The van der Waals surface area contributed by atoms with Gasteiger partial charge in [-0.3, -0.25) is 4.79 Å². The Morgan fingerprint density at radius 1 is 1.10 bits per heavy atom. The number of nitrogens with two attached hydrogens (primary N) is 2. The number of hydrogen-bond donors (Lipinski definition) is 3. The Labute approximate surface area is 120 Å². The molecule has 0 heterocycles. The summed E-state index contributed by atoms with van der Waals surface area (Å²) in [6.45, 7) is 0. The van der Waals surface area contributed by atoms with Crippen molar-refractivity contribution in [3.63, 3.8) is 0 Å². The first-order valence-corrected chi connectivity index (χ1v) is 7.31. The molecule has 2 rings (SSSR count). The molecular weight excluding hydrogens is 297 g/mol. The highest BCUT2D eigenvalue weighted by Crippen LogP contribution is 2.16. The zero-order chi connectivity index (χ0) is 15.6. The van der Waals surface area contributed by atoms with Crippen molar-refractivity contribution in [3.05, 3.63) is 53.8 Å². The smallest absolute Gasteiger partial charge is 0.255 e. The molecular formula is C13H12FN3O3S. The van der Waals surface area contributed by atoms with Crippen LogP contribution in [0.4, 0.5) is 15.8 Å². The van der Waals surface area contributed by atoms with Gasteiger partial charge in [0.05, 0.1) is 10.6 Å². The second-order valence-corrected chi connectivity index (χ2v) is 5.82. The number of carbonyl (C=O) groups excluding carboxylic acids is 1. The van der Waals surface area contributed by atoms with Gasteiger partial charge in [0, 0.05) is 11.3 Å². The SMILES string of the molecule is Nc1cc(C(=O)Nc2ccc(S(N)(=O)=O)cc2)ccc1F. The molecule has 1 amide bonds. The molecule has 0 bridgehead atoms. The topological polar surface area (TPSA) is 115 Å². The van der Waals surface area contributed by atoms with E-state index in [9.17, 15) is 17.6 Å². The highest BCUT2D eigenvalue weighted by molar-refractivity contribution is 7.89. The van der Waals surface area contributed by atoms with Crippen LogP contribution in [-0.4, -0.2) is 14.3 Å². The highest BCUT2D eigenvalue weighted by atomic mass is 32.2. The summed E-state index contributed by atoms with van der Waals surface area (Å²) in [5.74, 6) is -1.10. The molecule has 5 N–H and O–H groups in total. The van der Waals surface area contributed by atoms with E-state index in [-0.39, 0.29) is 16.1 Å². The van der Waals surface area contributed by atoms with Gasteiger partial charge in [-0.15, -0.1) is 0 Å². The molecule has 0 saturated heterocycles. The number of nitrogens with one attached hydrogen (secondary N) is 1. The van der Waals surface area contributed by atoms with Crippen LogP contribution in [0, 0.1) is 5.82 Å². The van der Waals surface area contributed by atoms with Crippen molar-refractivity contribution in [3.8, 4) is 0 Å². The van der Waals surface area contributed by atoms with Crippen molar-refractivity contribution in [2.24, 2.45) is 5.14 Å². The molecule has 0 unspecified atom stereocenters. The van der Waals surface area contributed by atoms with E-state index in [4.69, 9.17) is 10.9 Å². The van der Waals surface area contributed by atoms with Crippen LogP contribution in [0.5, 0.6) is 0 Å². The summed E-state index contributed by atoms with van der Waals surface area (Å²) in [6, 6.07) is 8.92. The van der Waals surface area contributed by atoms with Gasteiger partial charge < -0.3 is 11.1 Å². The van der Waals surface area contributed by atoms with Crippen LogP contribution < -0.4 is 16.2 Å². The van der Waals surface area contributed by atoms with E-state index in [0.717, 1.165) is 6.07 Å². The summed E-state index contributed by atoms with van der Waals surface area (Å²) < 4.78 is 35.2. The van der Waals surface area contributed by atoms with E-state index in [1.54, 1.807) is 0 Å². The van der Waals surface area contributed by atoms with Crippen molar-refractivity contribution in [2.75, 3.05) is 11.1 Å². The molecule has 0 spiro atoms. The zero-order valence-electron chi connectivity index (χ0n) is 10.7. The van der Waals surface area contributed by atoms with Crippen LogP contribution in [-0.2, 0) is 10.0 Å². The van der Waals surface area contributed by atoms with Crippen molar-refractivity contribution >= 4 is 27.3 Å². The Morgan fingerprint density at radius 3 is 2.24 bits per heavy atom. The minimum Gasteiger partial charge on any atom is -0.396 e. The fourth-order valence-electron chi connectivity index (χ4n) is 1.62. The molecule has 8 heteroatoms. The number of halogens is 1. The third-order valence-electron chi connectivity index (χ3n) is 2.70. The Hall–Kier alpha value is -2.45. The molecule has 2 aromatic carbocycles. The monoisotopic (exact) mass is 309 g/mol. The molecule has 6 nitrogen and oxygen atoms in total. The van der Waals surface area contributed by atoms with Crippen LogP contribution in [0.3, 0.4) is 0 Å². The Balaban J connectivity index is 2.18. The van der Waals surface area contributed by atoms with E-state index in [2.05, 4.69) is 5.32 Å². The van der Waals surface area contributed by atoms with Gasteiger partial charge in [0.1, 0.15) is 5.82 Å². The molecule has 110 valence electrons. The Morgan fingerprint density at radius 2 is 1.71 bits per heavy atom. The second kappa shape index (κ2) is 5.51. The van der Waals surface area contributed by atoms with Gasteiger partial charge in [-0.25, -0.2) is 17.9 Å². The summed E-state index contributed by atoms with van der Waals surface area (Å²) in [5, 5.41) is 7.50. The van der Waals surface area contributed by atoms with Gasteiger partial charge in [-0.2, -0.15) is 0 Å². The van der Waals surface area contributed by atoms with Crippen molar-refractivity contribution in [1.82, 2.24) is 0 Å². The Kier molecular flexibility index (Phi) is 3.92. The lowest BCUT2D eigenvalue weighted by molar-refractivity contribution is 0.102. The number of benzene rings is 2. The first-order valence-electron chi connectivity index (χ1n) is 5.76. The van der Waals surface area contributed by atoms with Gasteiger partial charge in [-0.05, 0) is 42.5 Å². The summed E-state index contributed by atoms with van der Waals surface area (Å²) in [5.41, 5.74) is 5.81. The largest absolute Gasteiger partial charge is 0.396 e. The molecule has 0 fully saturated rings. The highest BCUT2D eigenvalue weighted by Gasteiger charge is 2.10. The van der Waals surface area contributed by atoms with Crippen molar-refractivity contribution in [2.45, 2.75) is 4.90 Å². The average Bonchev–Trinajstić information content (AvgIpc) is 2.41.